The molecule has 0 spiro atoms. The summed E-state index contributed by atoms with van der Waals surface area (Å²) in [7, 11) is 0. The molecule has 180 valence electrons. The van der Waals surface area contributed by atoms with Crippen LogP contribution in [0.5, 0.6) is 0 Å². The summed E-state index contributed by atoms with van der Waals surface area (Å²) >= 11 is 0. The number of carbonyl (C=O) groups excluding carboxylic acids is 1. The van der Waals surface area contributed by atoms with Gasteiger partial charge < -0.3 is 0 Å². The minimum atomic E-state index is -4.60. The van der Waals surface area contributed by atoms with E-state index in [-0.39, 0.29) is 40.0 Å². The van der Waals surface area contributed by atoms with Crippen molar-refractivity contribution in [1.82, 2.24) is 19.5 Å². The van der Waals surface area contributed by atoms with E-state index in [1.807, 2.05) is 18.3 Å². The van der Waals surface area contributed by atoms with Crippen LogP contribution < -0.4 is 0 Å². The third-order valence-electron chi connectivity index (χ3n) is 7.12. The number of ketones is 1. The van der Waals surface area contributed by atoms with Gasteiger partial charge in [-0.3, -0.25) is 14.3 Å². The third kappa shape index (κ3) is 4.45. The molecule has 8 heteroatoms. The smallest absolute Gasteiger partial charge is 0.294 e. The monoisotopic (exact) mass is 478 g/mol. The predicted molar refractivity (Wildman–Crippen MR) is 126 cm³/mol. The molecule has 0 N–H and O–H groups in total. The highest BCUT2D eigenvalue weighted by molar-refractivity contribution is 6.09. The van der Waals surface area contributed by atoms with Crippen molar-refractivity contribution >= 4 is 16.7 Å². The van der Waals surface area contributed by atoms with E-state index in [1.54, 1.807) is 18.3 Å². The van der Waals surface area contributed by atoms with Gasteiger partial charge in [0.25, 0.3) is 0 Å². The molecule has 0 radical (unpaired) electrons. The molecule has 0 atom stereocenters. The summed E-state index contributed by atoms with van der Waals surface area (Å²) in [5.74, 6) is -0.0924. The van der Waals surface area contributed by atoms with E-state index in [0.29, 0.717) is 6.42 Å². The number of halogens is 3. The van der Waals surface area contributed by atoms with Crippen molar-refractivity contribution in [3.63, 3.8) is 0 Å². The normalized spacial score (nSPS) is 15.9. The van der Waals surface area contributed by atoms with Crippen molar-refractivity contribution in [2.24, 2.45) is 0 Å². The van der Waals surface area contributed by atoms with Crippen molar-refractivity contribution in [1.29, 1.82) is 0 Å². The van der Waals surface area contributed by atoms with Gasteiger partial charge in [0.15, 0.2) is 5.78 Å². The lowest BCUT2D eigenvalue weighted by atomic mass is 9.67. The first-order valence-corrected chi connectivity index (χ1v) is 11.8. The lowest BCUT2D eigenvalue weighted by molar-refractivity contribution is -0.136. The molecule has 0 unspecified atom stereocenters. The van der Waals surface area contributed by atoms with E-state index in [0.717, 1.165) is 43.7 Å². The molecule has 3 aromatic heterocycles. The number of alkyl halides is 3. The van der Waals surface area contributed by atoms with Crippen molar-refractivity contribution in [2.45, 2.75) is 56.5 Å². The Morgan fingerprint density at radius 2 is 1.74 bits per heavy atom. The molecule has 0 amide bonds. The van der Waals surface area contributed by atoms with Crippen LogP contribution in [0, 0.1) is 0 Å². The Kier molecular flexibility index (Phi) is 6.13. The van der Waals surface area contributed by atoms with Crippen molar-refractivity contribution in [2.75, 3.05) is 0 Å². The fourth-order valence-corrected chi connectivity index (χ4v) is 5.39. The van der Waals surface area contributed by atoms with Crippen LogP contribution in [0.15, 0.2) is 67.4 Å². The van der Waals surface area contributed by atoms with E-state index in [4.69, 9.17) is 0 Å². The average molecular weight is 479 g/mol. The first-order valence-electron chi connectivity index (χ1n) is 11.8. The minimum absolute atomic E-state index is 0.0533. The molecule has 1 saturated carbocycles. The highest BCUT2D eigenvalue weighted by Crippen LogP contribution is 2.44. The zero-order chi connectivity index (χ0) is 24.5. The summed E-state index contributed by atoms with van der Waals surface area (Å²) in [5, 5.41) is -0.100. The predicted octanol–water partition coefficient (Wildman–Crippen LogP) is 6.70. The van der Waals surface area contributed by atoms with Crippen LogP contribution in [0.3, 0.4) is 0 Å². The Hall–Kier alpha value is -3.55. The molecule has 1 fully saturated rings. The standard InChI is InChI=1S/C27H25F3N4O/c28-27(29,30)21-8-4-9-22-24(21)20(18-34(22)25-32-15-6-16-33-25)23(35)10-13-26(11-2-1-3-12-26)19-7-5-14-31-17-19/h4-9,14-18H,1-3,10-13H2. The van der Waals surface area contributed by atoms with Crippen LogP contribution in [-0.2, 0) is 11.6 Å². The molecule has 5 rings (SSSR count). The van der Waals surface area contributed by atoms with Gasteiger partial charge in [-0.25, -0.2) is 9.97 Å². The zero-order valence-corrected chi connectivity index (χ0v) is 19.1. The number of aromatic nitrogens is 4. The summed E-state index contributed by atoms with van der Waals surface area (Å²) in [6.45, 7) is 0. The third-order valence-corrected chi connectivity index (χ3v) is 7.12. The molecular weight excluding hydrogens is 453 g/mol. The quantitative estimate of drug-likeness (QED) is 0.289. The average Bonchev–Trinajstić information content (AvgIpc) is 3.28. The summed E-state index contributed by atoms with van der Waals surface area (Å²) in [4.78, 5) is 26.2. The van der Waals surface area contributed by atoms with E-state index >= 15 is 0 Å². The Bertz CT molecular complexity index is 1330. The van der Waals surface area contributed by atoms with Gasteiger partial charge in [0.1, 0.15) is 0 Å². The van der Waals surface area contributed by atoms with Gasteiger partial charge in [0.05, 0.1) is 11.1 Å². The van der Waals surface area contributed by atoms with Gasteiger partial charge in [-0.15, -0.1) is 0 Å². The second-order valence-corrected chi connectivity index (χ2v) is 9.16. The number of Topliss-reactive ketones (excluding diaryl/α,β-unsaturated/α-hetero) is 1. The zero-order valence-electron chi connectivity index (χ0n) is 19.1. The molecule has 1 aliphatic carbocycles. The van der Waals surface area contributed by atoms with E-state index in [1.165, 1.54) is 29.2 Å². The Labute approximate surface area is 201 Å². The summed E-state index contributed by atoms with van der Waals surface area (Å²) in [5.41, 5.74) is 0.401. The molecular formula is C27H25F3N4O. The number of rotatable bonds is 6. The van der Waals surface area contributed by atoms with Crippen LogP contribution in [0.1, 0.15) is 66.4 Å². The molecule has 1 aromatic carbocycles. The van der Waals surface area contributed by atoms with Crippen LogP contribution in [0.25, 0.3) is 16.9 Å². The van der Waals surface area contributed by atoms with E-state index in [9.17, 15) is 18.0 Å². The van der Waals surface area contributed by atoms with E-state index < -0.39 is 11.7 Å². The SMILES string of the molecule is O=C(CCC1(c2cccnc2)CCCCC1)c1cn(-c2ncccn2)c2cccc(C(F)(F)F)c12. The van der Waals surface area contributed by atoms with Crippen LogP contribution in [0.4, 0.5) is 13.2 Å². The maximum atomic E-state index is 14.0. The Morgan fingerprint density at radius 3 is 2.43 bits per heavy atom. The summed E-state index contributed by atoms with van der Waals surface area (Å²) in [6, 6.07) is 9.51. The molecule has 0 bridgehead atoms. The first kappa shape index (κ1) is 23.2. The summed E-state index contributed by atoms with van der Waals surface area (Å²) < 4.78 is 43.4. The number of pyridine rings is 1. The second-order valence-electron chi connectivity index (χ2n) is 9.16. The first-order chi connectivity index (χ1) is 16.9. The van der Waals surface area contributed by atoms with Crippen molar-refractivity contribution in [3.05, 3.63) is 84.1 Å². The molecule has 1 aliphatic rings. The van der Waals surface area contributed by atoms with Gasteiger partial charge in [0.2, 0.25) is 5.95 Å². The maximum absolute atomic E-state index is 14.0. The molecule has 3 heterocycles. The van der Waals surface area contributed by atoms with Gasteiger partial charge in [-0.1, -0.05) is 31.4 Å². The minimum Gasteiger partial charge on any atom is -0.294 e. The fourth-order valence-electron chi connectivity index (χ4n) is 5.39. The molecule has 0 saturated heterocycles. The number of fused-ring (bicyclic) bond motifs is 1. The highest BCUT2D eigenvalue weighted by Gasteiger charge is 2.37. The van der Waals surface area contributed by atoms with E-state index in [2.05, 4.69) is 15.0 Å². The molecule has 0 aliphatic heterocycles. The van der Waals surface area contributed by atoms with Crippen LogP contribution in [0.2, 0.25) is 0 Å². The lowest BCUT2D eigenvalue weighted by Crippen LogP contribution is -2.30. The Morgan fingerprint density at radius 1 is 0.971 bits per heavy atom. The van der Waals surface area contributed by atoms with Crippen molar-refractivity contribution < 1.29 is 18.0 Å². The number of hydrogen-bond donors (Lipinski definition) is 0. The Balaban J connectivity index is 1.55. The fraction of sp³-hybridized carbons (Fsp3) is 0.333. The molecule has 35 heavy (non-hydrogen) atoms. The van der Waals surface area contributed by atoms with Crippen molar-refractivity contribution in [3.8, 4) is 5.95 Å². The molecule has 5 nitrogen and oxygen atoms in total. The maximum Gasteiger partial charge on any atom is 0.417 e. The largest absolute Gasteiger partial charge is 0.417 e. The van der Waals surface area contributed by atoms with Crippen LogP contribution in [-0.4, -0.2) is 25.3 Å². The second kappa shape index (κ2) is 9.24. The van der Waals surface area contributed by atoms with Gasteiger partial charge in [-0.2, -0.15) is 13.2 Å². The summed E-state index contributed by atoms with van der Waals surface area (Å²) in [6.07, 6.45) is 9.35. The lowest BCUT2D eigenvalue weighted by Gasteiger charge is -2.37. The highest BCUT2D eigenvalue weighted by atomic mass is 19.4. The van der Waals surface area contributed by atoms with Gasteiger partial charge in [0, 0.05) is 48.4 Å². The molecule has 4 aromatic rings. The number of nitrogens with zero attached hydrogens (tertiary/aromatic N) is 4. The topological polar surface area (TPSA) is 60.7 Å². The number of benzene rings is 1. The number of hydrogen-bond acceptors (Lipinski definition) is 4. The van der Waals surface area contributed by atoms with Gasteiger partial charge in [-0.05, 0) is 54.5 Å². The van der Waals surface area contributed by atoms with Crippen LogP contribution >= 0.6 is 0 Å². The number of carbonyl (C=O) groups is 1. The van der Waals surface area contributed by atoms with Gasteiger partial charge >= 0.3 is 6.18 Å².